The topological polar surface area (TPSA) is 58.9 Å². The molecular formula is C12H18N6. The van der Waals surface area contributed by atoms with Gasteiger partial charge in [0.2, 0.25) is 0 Å². The quantitative estimate of drug-likeness (QED) is 0.789. The molecule has 0 bridgehead atoms. The SMILES string of the molecule is Cc1nc(N2CCNCC2)c2c(n1)c(C)nn2C. The molecule has 3 rings (SSSR count). The number of nitrogens with one attached hydrogen (secondary N) is 1. The van der Waals surface area contributed by atoms with E-state index in [1.54, 1.807) is 0 Å². The van der Waals surface area contributed by atoms with Gasteiger partial charge in [-0.15, -0.1) is 0 Å². The second-order valence-electron chi connectivity index (χ2n) is 4.74. The predicted molar refractivity (Wildman–Crippen MR) is 70.9 cm³/mol. The summed E-state index contributed by atoms with van der Waals surface area (Å²) in [6.07, 6.45) is 0. The molecule has 1 fully saturated rings. The lowest BCUT2D eigenvalue weighted by Gasteiger charge is -2.29. The molecule has 2 aromatic rings. The lowest BCUT2D eigenvalue weighted by molar-refractivity contribution is 0.584. The number of piperazine rings is 1. The highest BCUT2D eigenvalue weighted by molar-refractivity contribution is 5.88. The summed E-state index contributed by atoms with van der Waals surface area (Å²) in [6, 6.07) is 0. The van der Waals surface area contributed by atoms with E-state index >= 15 is 0 Å². The van der Waals surface area contributed by atoms with Crippen molar-refractivity contribution >= 4 is 16.9 Å². The van der Waals surface area contributed by atoms with Crippen LogP contribution in [0.25, 0.3) is 11.0 Å². The van der Waals surface area contributed by atoms with Crippen molar-refractivity contribution in [1.29, 1.82) is 0 Å². The van der Waals surface area contributed by atoms with Crippen LogP contribution in [0, 0.1) is 13.8 Å². The Hall–Kier alpha value is -1.69. The average Bonchev–Trinajstić information content (AvgIpc) is 2.65. The van der Waals surface area contributed by atoms with Crippen molar-refractivity contribution in [3.05, 3.63) is 11.5 Å². The Labute approximate surface area is 106 Å². The second-order valence-corrected chi connectivity index (χ2v) is 4.74. The molecule has 1 aliphatic rings. The molecule has 0 unspecified atom stereocenters. The van der Waals surface area contributed by atoms with E-state index in [1.807, 2.05) is 25.6 Å². The predicted octanol–water partition coefficient (Wildman–Crippen LogP) is 0.390. The molecule has 0 aliphatic carbocycles. The van der Waals surface area contributed by atoms with Gasteiger partial charge in [-0.05, 0) is 13.8 Å². The third-order valence-corrected chi connectivity index (χ3v) is 3.36. The molecule has 1 aliphatic heterocycles. The summed E-state index contributed by atoms with van der Waals surface area (Å²) in [7, 11) is 1.96. The molecular weight excluding hydrogens is 228 g/mol. The van der Waals surface area contributed by atoms with E-state index < -0.39 is 0 Å². The van der Waals surface area contributed by atoms with Gasteiger partial charge < -0.3 is 10.2 Å². The fourth-order valence-corrected chi connectivity index (χ4v) is 2.52. The maximum atomic E-state index is 4.63. The van der Waals surface area contributed by atoms with E-state index in [1.165, 1.54) is 0 Å². The van der Waals surface area contributed by atoms with E-state index in [0.29, 0.717) is 0 Å². The van der Waals surface area contributed by atoms with Crippen LogP contribution in [0.5, 0.6) is 0 Å². The van der Waals surface area contributed by atoms with Crippen molar-refractivity contribution in [2.75, 3.05) is 31.1 Å². The van der Waals surface area contributed by atoms with Crippen LogP contribution in [0.3, 0.4) is 0 Å². The van der Waals surface area contributed by atoms with Gasteiger partial charge in [-0.2, -0.15) is 5.10 Å². The van der Waals surface area contributed by atoms with Gasteiger partial charge in [0.15, 0.2) is 5.82 Å². The number of hydrogen-bond donors (Lipinski definition) is 1. The summed E-state index contributed by atoms with van der Waals surface area (Å²) >= 11 is 0. The van der Waals surface area contributed by atoms with Crippen LogP contribution in [0.2, 0.25) is 0 Å². The number of anilines is 1. The first-order valence-corrected chi connectivity index (χ1v) is 6.30. The molecule has 6 nitrogen and oxygen atoms in total. The van der Waals surface area contributed by atoms with Gasteiger partial charge in [-0.25, -0.2) is 9.97 Å². The van der Waals surface area contributed by atoms with E-state index in [9.17, 15) is 0 Å². The average molecular weight is 246 g/mol. The molecule has 96 valence electrons. The van der Waals surface area contributed by atoms with Crippen LogP contribution in [0.1, 0.15) is 11.5 Å². The smallest absolute Gasteiger partial charge is 0.158 e. The molecule has 6 heteroatoms. The lowest BCUT2D eigenvalue weighted by atomic mass is 10.3. The molecule has 0 amide bonds. The second kappa shape index (κ2) is 4.20. The van der Waals surface area contributed by atoms with Gasteiger partial charge in [0.25, 0.3) is 0 Å². The summed E-state index contributed by atoms with van der Waals surface area (Å²) in [5.41, 5.74) is 2.98. The van der Waals surface area contributed by atoms with Crippen molar-refractivity contribution in [3.63, 3.8) is 0 Å². The standard InChI is InChI=1S/C12H18N6/c1-8-10-11(17(3)16-8)12(15-9(2)14-10)18-6-4-13-5-7-18/h13H,4-7H2,1-3H3. The fraction of sp³-hybridized carbons (Fsp3) is 0.583. The van der Waals surface area contributed by atoms with Gasteiger partial charge >= 0.3 is 0 Å². The van der Waals surface area contributed by atoms with Gasteiger partial charge in [0.1, 0.15) is 16.9 Å². The van der Waals surface area contributed by atoms with Crippen molar-refractivity contribution in [3.8, 4) is 0 Å². The Morgan fingerprint density at radius 1 is 1.11 bits per heavy atom. The molecule has 3 heterocycles. The van der Waals surface area contributed by atoms with Crippen molar-refractivity contribution < 1.29 is 0 Å². The Bertz CT molecular complexity index is 582. The van der Waals surface area contributed by atoms with Crippen LogP contribution in [-0.2, 0) is 7.05 Å². The zero-order chi connectivity index (χ0) is 12.7. The van der Waals surface area contributed by atoms with E-state index in [-0.39, 0.29) is 0 Å². The molecule has 18 heavy (non-hydrogen) atoms. The summed E-state index contributed by atoms with van der Waals surface area (Å²) in [6.45, 7) is 7.90. The molecule has 0 spiro atoms. The lowest BCUT2D eigenvalue weighted by Crippen LogP contribution is -2.44. The normalized spacial score (nSPS) is 16.5. The van der Waals surface area contributed by atoms with Crippen molar-refractivity contribution in [2.24, 2.45) is 7.05 Å². The van der Waals surface area contributed by atoms with Crippen LogP contribution in [0.4, 0.5) is 5.82 Å². The molecule has 0 radical (unpaired) electrons. The van der Waals surface area contributed by atoms with Crippen molar-refractivity contribution in [1.82, 2.24) is 25.1 Å². The van der Waals surface area contributed by atoms with E-state index in [0.717, 1.165) is 54.5 Å². The maximum Gasteiger partial charge on any atom is 0.158 e. The first kappa shape index (κ1) is 11.4. The van der Waals surface area contributed by atoms with Gasteiger partial charge in [0.05, 0.1) is 5.69 Å². The van der Waals surface area contributed by atoms with Gasteiger partial charge in [0, 0.05) is 33.2 Å². The van der Waals surface area contributed by atoms with Crippen molar-refractivity contribution in [2.45, 2.75) is 13.8 Å². The van der Waals surface area contributed by atoms with Gasteiger partial charge in [-0.3, -0.25) is 4.68 Å². The Balaban J connectivity index is 2.20. The highest BCUT2D eigenvalue weighted by Crippen LogP contribution is 2.25. The van der Waals surface area contributed by atoms with Crippen LogP contribution in [-0.4, -0.2) is 45.9 Å². The monoisotopic (exact) mass is 246 g/mol. The summed E-state index contributed by atoms with van der Waals surface area (Å²) in [5, 5.41) is 7.82. The zero-order valence-electron chi connectivity index (χ0n) is 11.1. The third kappa shape index (κ3) is 1.73. The Morgan fingerprint density at radius 2 is 1.83 bits per heavy atom. The highest BCUT2D eigenvalue weighted by Gasteiger charge is 2.19. The molecule has 0 atom stereocenters. The Kier molecular flexibility index (Phi) is 2.66. The number of rotatable bonds is 1. The fourth-order valence-electron chi connectivity index (χ4n) is 2.52. The van der Waals surface area contributed by atoms with E-state index in [4.69, 9.17) is 0 Å². The maximum absolute atomic E-state index is 4.63. The largest absolute Gasteiger partial charge is 0.352 e. The number of nitrogens with zero attached hydrogens (tertiary/aromatic N) is 5. The highest BCUT2D eigenvalue weighted by atomic mass is 15.3. The van der Waals surface area contributed by atoms with Gasteiger partial charge in [-0.1, -0.05) is 0 Å². The van der Waals surface area contributed by atoms with Crippen LogP contribution in [0.15, 0.2) is 0 Å². The third-order valence-electron chi connectivity index (χ3n) is 3.36. The molecule has 0 saturated carbocycles. The first-order chi connectivity index (χ1) is 8.66. The number of aromatic nitrogens is 4. The summed E-state index contributed by atoms with van der Waals surface area (Å²) in [4.78, 5) is 11.5. The minimum atomic E-state index is 0.812. The summed E-state index contributed by atoms with van der Waals surface area (Å²) in [5.74, 6) is 1.83. The zero-order valence-corrected chi connectivity index (χ0v) is 11.1. The molecule has 1 saturated heterocycles. The molecule has 0 aromatic carbocycles. The van der Waals surface area contributed by atoms with Crippen LogP contribution >= 0.6 is 0 Å². The van der Waals surface area contributed by atoms with Crippen LogP contribution < -0.4 is 10.2 Å². The minimum Gasteiger partial charge on any atom is -0.352 e. The molecule has 2 aromatic heterocycles. The Morgan fingerprint density at radius 3 is 2.56 bits per heavy atom. The summed E-state index contributed by atoms with van der Waals surface area (Å²) < 4.78 is 1.89. The number of fused-ring (bicyclic) bond motifs is 1. The number of hydrogen-bond acceptors (Lipinski definition) is 5. The number of aryl methyl sites for hydroxylation is 3. The molecule has 1 N–H and O–H groups in total. The van der Waals surface area contributed by atoms with E-state index in [2.05, 4.69) is 25.3 Å². The first-order valence-electron chi connectivity index (χ1n) is 6.30. The minimum absolute atomic E-state index is 0.812.